The third-order valence-electron chi connectivity index (χ3n) is 0.814. The van der Waals surface area contributed by atoms with Gasteiger partial charge in [0.2, 0.25) is 0 Å². The van der Waals surface area contributed by atoms with Crippen molar-refractivity contribution in [3.8, 4) is 0 Å². The first kappa shape index (κ1) is 23.7. The number of hydrogen-bond acceptors (Lipinski definition) is 0. The fourth-order valence-electron chi connectivity index (χ4n) is 0.510. The average Bonchev–Trinajstić information content (AvgIpc) is 2.07. The minimum absolute atomic E-state index is 0. The number of allylic oxidation sites excluding steroid dienone is 2. The summed E-state index contributed by atoms with van der Waals surface area (Å²) in [5.74, 6) is 0. The SMILES string of the molecule is CC(C)(C)[NH-].Cl.Cl.[C-]1=CCCC1.[Ti+2]. The van der Waals surface area contributed by atoms with Gasteiger partial charge in [-0.25, -0.2) is 0 Å². The summed E-state index contributed by atoms with van der Waals surface area (Å²) in [5.41, 5.74) is 6.69. The first-order valence-corrected chi connectivity index (χ1v) is 3.80. The van der Waals surface area contributed by atoms with Crippen molar-refractivity contribution in [1.82, 2.24) is 0 Å². The summed E-state index contributed by atoms with van der Waals surface area (Å²) in [4.78, 5) is 0. The van der Waals surface area contributed by atoms with Crippen LogP contribution in [0.25, 0.3) is 5.73 Å². The largest absolute Gasteiger partial charge is 2.00 e. The van der Waals surface area contributed by atoms with E-state index < -0.39 is 0 Å². The zero-order valence-electron chi connectivity index (χ0n) is 8.52. The molecule has 0 bridgehead atoms. The average molecular weight is 260 g/mol. The molecule has 13 heavy (non-hydrogen) atoms. The van der Waals surface area contributed by atoms with Gasteiger partial charge >= 0.3 is 21.7 Å². The fraction of sp³-hybridized carbons (Fsp3) is 0.778. The van der Waals surface area contributed by atoms with E-state index in [0.29, 0.717) is 0 Å². The van der Waals surface area contributed by atoms with Crippen LogP contribution in [0.15, 0.2) is 6.08 Å². The molecule has 0 fully saturated rings. The van der Waals surface area contributed by atoms with Gasteiger partial charge in [-0.3, -0.25) is 6.08 Å². The Balaban J connectivity index is -0.0000000506. The zero-order valence-corrected chi connectivity index (χ0v) is 11.7. The Labute approximate surface area is 110 Å². The third-order valence-corrected chi connectivity index (χ3v) is 0.814. The molecule has 0 heterocycles. The van der Waals surface area contributed by atoms with E-state index in [9.17, 15) is 0 Å². The van der Waals surface area contributed by atoms with Crippen LogP contribution in [-0.2, 0) is 21.7 Å². The summed E-state index contributed by atoms with van der Waals surface area (Å²) in [5, 5.41) is 0. The van der Waals surface area contributed by atoms with Gasteiger partial charge in [-0.15, -0.1) is 30.4 Å². The van der Waals surface area contributed by atoms with Gasteiger partial charge in [-0.2, -0.15) is 6.42 Å². The molecule has 0 spiro atoms. The summed E-state index contributed by atoms with van der Waals surface area (Å²) in [7, 11) is 0. The minimum atomic E-state index is -0.250. The second kappa shape index (κ2) is 13.0. The second-order valence-corrected chi connectivity index (χ2v) is 3.55. The summed E-state index contributed by atoms with van der Waals surface area (Å²) in [6, 6.07) is 0. The summed E-state index contributed by atoms with van der Waals surface area (Å²) in [6.45, 7) is 5.56. The number of hydrogen-bond donors (Lipinski definition) is 0. The molecule has 1 aliphatic rings. The molecular weight excluding hydrogens is 241 g/mol. The standard InChI is InChI=1S/C5H7.C4H10N.2ClH.Ti/c1-2-4-5-3-1;1-4(2,3)5;;;/h1H,2,4-5H2;5H,1-3H3;2*1H;/q2*-1;;;+2. The molecule has 0 radical (unpaired) electrons. The van der Waals surface area contributed by atoms with Gasteiger partial charge in [0, 0.05) is 0 Å². The van der Waals surface area contributed by atoms with Crippen molar-refractivity contribution in [2.75, 3.05) is 0 Å². The Bertz CT molecular complexity index is 98.7. The van der Waals surface area contributed by atoms with Gasteiger partial charge < -0.3 is 11.8 Å². The van der Waals surface area contributed by atoms with E-state index in [0.717, 1.165) is 0 Å². The van der Waals surface area contributed by atoms with Gasteiger partial charge in [0.05, 0.1) is 0 Å². The van der Waals surface area contributed by atoms with Crippen molar-refractivity contribution in [1.29, 1.82) is 0 Å². The van der Waals surface area contributed by atoms with Crippen LogP contribution < -0.4 is 0 Å². The smallest absolute Gasteiger partial charge is 0.673 e. The van der Waals surface area contributed by atoms with Gasteiger partial charge in [0.15, 0.2) is 0 Å². The fourth-order valence-corrected chi connectivity index (χ4v) is 0.510. The van der Waals surface area contributed by atoms with E-state index in [2.05, 4.69) is 12.2 Å². The Morgan fingerprint density at radius 2 is 1.62 bits per heavy atom. The molecule has 0 unspecified atom stereocenters. The molecule has 0 amide bonds. The Morgan fingerprint density at radius 3 is 1.69 bits per heavy atom. The third kappa shape index (κ3) is 43.7. The van der Waals surface area contributed by atoms with E-state index in [1.54, 1.807) is 0 Å². The van der Waals surface area contributed by atoms with Gasteiger partial charge in [0.25, 0.3) is 0 Å². The maximum Gasteiger partial charge on any atom is 2.00 e. The van der Waals surface area contributed by atoms with Crippen LogP contribution in [0.5, 0.6) is 0 Å². The van der Waals surface area contributed by atoms with Crippen molar-refractivity contribution < 1.29 is 21.7 Å². The van der Waals surface area contributed by atoms with Crippen LogP contribution in [0.2, 0.25) is 0 Å². The molecule has 0 saturated carbocycles. The van der Waals surface area contributed by atoms with Gasteiger partial charge in [0.1, 0.15) is 0 Å². The molecule has 0 aromatic heterocycles. The molecule has 4 heteroatoms. The van der Waals surface area contributed by atoms with E-state index in [1.165, 1.54) is 19.3 Å². The van der Waals surface area contributed by atoms with Gasteiger partial charge in [-0.05, 0) is 0 Å². The molecular formula is C9H19Cl2NTi. The van der Waals surface area contributed by atoms with Gasteiger partial charge in [-0.1, -0.05) is 33.6 Å². The molecule has 1 rings (SSSR count). The molecule has 0 atom stereocenters. The van der Waals surface area contributed by atoms with Crippen molar-refractivity contribution >= 4 is 24.8 Å². The van der Waals surface area contributed by atoms with Crippen LogP contribution >= 0.6 is 24.8 Å². The summed E-state index contributed by atoms with van der Waals surface area (Å²) >= 11 is 0. The monoisotopic (exact) mass is 259 g/mol. The van der Waals surface area contributed by atoms with Crippen molar-refractivity contribution in [3.63, 3.8) is 0 Å². The Kier molecular flexibility index (Phi) is 23.6. The molecule has 0 saturated heterocycles. The summed E-state index contributed by atoms with van der Waals surface area (Å²) < 4.78 is 0. The predicted octanol–water partition coefficient (Wildman–Crippen LogP) is 4.21. The molecule has 1 aliphatic carbocycles. The molecule has 0 aliphatic heterocycles. The minimum Gasteiger partial charge on any atom is -0.673 e. The molecule has 0 aromatic carbocycles. The first-order chi connectivity index (χ1) is 4.50. The topological polar surface area (TPSA) is 23.8 Å². The number of rotatable bonds is 0. The van der Waals surface area contributed by atoms with Crippen LogP contribution in [0, 0.1) is 6.08 Å². The van der Waals surface area contributed by atoms with Crippen LogP contribution in [0.4, 0.5) is 0 Å². The quantitative estimate of drug-likeness (QED) is 0.460. The summed E-state index contributed by atoms with van der Waals surface area (Å²) in [6.07, 6.45) is 9.00. The number of nitrogens with one attached hydrogen (secondary N) is 1. The molecule has 1 N–H and O–H groups in total. The van der Waals surface area contributed by atoms with Crippen molar-refractivity contribution in [2.45, 2.75) is 45.6 Å². The molecule has 1 nitrogen and oxygen atoms in total. The van der Waals surface area contributed by atoms with Crippen LogP contribution in [0.3, 0.4) is 0 Å². The van der Waals surface area contributed by atoms with Crippen molar-refractivity contribution in [2.24, 2.45) is 0 Å². The van der Waals surface area contributed by atoms with E-state index in [1.807, 2.05) is 20.8 Å². The predicted molar refractivity (Wildman–Crippen MR) is 60.2 cm³/mol. The maximum absolute atomic E-state index is 6.94. The van der Waals surface area contributed by atoms with E-state index in [4.69, 9.17) is 5.73 Å². The molecule has 78 valence electrons. The Morgan fingerprint density at radius 1 is 1.23 bits per heavy atom. The van der Waals surface area contributed by atoms with Crippen molar-refractivity contribution in [3.05, 3.63) is 17.9 Å². The first-order valence-electron chi connectivity index (χ1n) is 3.80. The van der Waals surface area contributed by atoms with E-state index >= 15 is 0 Å². The maximum atomic E-state index is 6.94. The van der Waals surface area contributed by atoms with Crippen LogP contribution in [0.1, 0.15) is 40.0 Å². The number of halogens is 2. The second-order valence-electron chi connectivity index (χ2n) is 3.55. The normalized spacial score (nSPS) is 12.6. The molecule has 0 aromatic rings. The van der Waals surface area contributed by atoms with Crippen LogP contribution in [-0.4, -0.2) is 5.54 Å². The zero-order chi connectivity index (χ0) is 8.04. The van der Waals surface area contributed by atoms with E-state index in [-0.39, 0.29) is 52.1 Å². The Hall–Kier alpha value is 0.994.